The van der Waals surface area contributed by atoms with Gasteiger partial charge in [0.2, 0.25) is 0 Å². The van der Waals surface area contributed by atoms with E-state index in [4.69, 9.17) is 0 Å². The van der Waals surface area contributed by atoms with Crippen LogP contribution in [0.3, 0.4) is 0 Å². The summed E-state index contributed by atoms with van der Waals surface area (Å²) in [7, 11) is 0. The van der Waals surface area contributed by atoms with Gasteiger partial charge in [0, 0.05) is 0 Å². The van der Waals surface area contributed by atoms with Crippen LogP contribution in [-0.4, -0.2) is 14.7 Å². The molecule has 0 fully saturated rings. The average Bonchev–Trinajstić information content (AvgIpc) is 1.68. The third-order valence-electron chi connectivity index (χ3n) is 1.15. The van der Waals surface area contributed by atoms with E-state index in [0.29, 0.717) is 0 Å². The topological polar surface area (TPSA) is 0 Å². The second-order valence-electron chi connectivity index (χ2n) is 1.90. The second kappa shape index (κ2) is 4.71. The van der Waals surface area contributed by atoms with Crippen LogP contribution in [0.15, 0.2) is 0 Å². The van der Waals surface area contributed by atoms with Gasteiger partial charge < -0.3 is 0 Å². The Morgan fingerprint density at radius 1 is 1.29 bits per heavy atom. The van der Waals surface area contributed by atoms with Crippen LogP contribution >= 0.6 is 0 Å². The zero-order valence-corrected chi connectivity index (χ0v) is 7.45. The summed E-state index contributed by atoms with van der Waals surface area (Å²) in [5.41, 5.74) is 2.45. The fraction of sp³-hybridized carbons (Fsp3) is 1.00. The molecular formula is C6H15As. The molecule has 0 bridgehead atoms. The second-order valence-corrected chi connectivity index (χ2v) is 7.75. The molecule has 1 atom stereocenters. The fourth-order valence-corrected chi connectivity index (χ4v) is 2.81. The fourth-order valence-electron chi connectivity index (χ4n) is 0.540. The maximum absolute atomic E-state index is 2.45. The normalized spacial score (nSPS) is 14.1. The molecule has 0 rings (SSSR count). The van der Waals surface area contributed by atoms with Crippen LogP contribution in [0.1, 0.15) is 20.3 Å². The molecule has 0 saturated heterocycles. The molecule has 0 spiro atoms. The van der Waals surface area contributed by atoms with Crippen LogP contribution < -0.4 is 0 Å². The minimum atomic E-state index is -0.238. The van der Waals surface area contributed by atoms with Gasteiger partial charge in [-0.15, -0.1) is 0 Å². The number of hydrogen-bond donors (Lipinski definition) is 0. The molecule has 0 aromatic rings. The summed E-state index contributed by atoms with van der Waals surface area (Å²) in [4.78, 5) is 0. The van der Waals surface area contributed by atoms with Gasteiger partial charge in [-0.05, 0) is 0 Å². The summed E-state index contributed by atoms with van der Waals surface area (Å²) < 4.78 is 0. The molecule has 0 saturated carbocycles. The van der Waals surface area contributed by atoms with Crippen LogP contribution in [0, 0.1) is 0 Å². The molecule has 0 radical (unpaired) electrons. The van der Waals surface area contributed by atoms with E-state index >= 15 is 0 Å². The van der Waals surface area contributed by atoms with Crippen LogP contribution in [0.25, 0.3) is 0 Å². The third-order valence-corrected chi connectivity index (χ3v) is 5.95. The van der Waals surface area contributed by atoms with E-state index in [1.54, 1.807) is 5.21 Å². The van der Waals surface area contributed by atoms with Crippen molar-refractivity contribution in [3.63, 3.8) is 0 Å². The van der Waals surface area contributed by atoms with Crippen LogP contribution in [0.5, 0.6) is 0 Å². The first kappa shape index (κ1) is 7.56. The molecular weight excluding hydrogens is 147 g/mol. The average molecular weight is 162 g/mol. The summed E-state index contributed by atoms with van der Waals surface area (Å²) in [6.45, 7) is 4.59. The number of rotatable bonds is 3. The van der Waals surface area contributed by atoms with E-state index in [0.717, 1.165) is 0 Å². The zero-order chi connectivity index (χ0) is 5.70. The van der Waals surface area contributed by atoms with Crippen molar-refractivity contribution in [2.45, 2.75) is 36.4 Å². The van der Waals surface area contributed by atoms with Crippen molar-refractivity contribution in [2.24, 2.45) is 0 Å². The zero-order valence-electron chi connectivity index (χ0n) is 5.57. The molecule has 1 unspecified atom stereocenters. The first-order valence-electron chi connectivity index (χ1n) is 2.99. The van der Waals surface area contributed by atoms with Gasteiger partial charge in [-0.3, -0.25) is 0 Å². The molecule has 0 aliphatic rings. The predicted molar refractivity (Wildman–Crippen MR) is 37.2 cm³/mol. The van der Waals surface area contributed by atoms with Gasteiger partial charge in [0.25, 0.3) is 0 Å². The van der Waals surface area contributed by atoms with Crippen LogP contribution in [0.4, 0.5) is 0 Å². The van der Waals surface area contributed by atoms with E-state index in [1.165, 1.54) is 11.6 Å². The molecule has 7 heavy (non-hydrogen) atoms. The summed E-state index contributed by atoms with van der Waals surface area (Å²) >= 11 is -0.238. The van der Waals surface area contributed by atoms with Gasteiger partial charge in [0.05, 0.1) is 0 Å². The van der Waals surface area contributed by atoms with Crippen molar-refractivity contribution in [2.75, 3.05) is 0 Å². The van der Waals surface area contributed by atoms with Crippen molar-refractivity contribution in [1.29, 1.82) is 0 Å². The molecule has 0 N–H and O–H groups in total. The quantitative estimate of drug-likeness (QED) is 0.559. The summed E-state index contributed by atoms with van der Waals surface area (Å²) in [5, 5.41) is 3.03. The first-order valence-corrected chi connectivity index (χ1v) is 7.52. The molecule has 0 nitrogen and oxygen atoms in total. The van der Waals surface area contributed by atoms with Gasteiger partial charge in [-0.25, -0.2) is 0 Å². The SMILES string of the molecule is CCC[As](C)CC. The Kier molecular flexibility index (Phi) is 5.09. The van der Waals surface area contributed by atoms with Crippen molar-refractivity contribution < 1.29 is 0 Å². The Labute approximate surface area is 51.6 Å². The van der Waals surface area contributed by atoms with Gasteiger partial charge in [0.1, 0.15) is 0 Å². The molecule has 0 amide bonds. The maximum atomic E-state index is 2.45. The van der Waals surface area contributed by atoms with E-state index in [9.17, 15) is 0 Å². The van der Waals surface area contributed by atoms with Crippen molar-refractivity contribution in [3.05, 3.63) is 0 Å². The van der Waals surface area contributed by atoms with Gasteiger partial charge in [-0.2, -0.15) is 0 Å². The summed E-state index contributed by atoms with van der Waals surface area (Å²) in [5.74, 6) is 0. The Morgan fingerprint density at radius 3 is 2.00 bits per heavy atom. The Balaban J connectivity index is 2.83. The van der Waals surface area contributed by atoms with Gasteiger partial charge in [0.15, 0.2) is 0 Å². The Morgan fingerprint density at radius 2 is 1.86 bits per heavy atom. The van der Waals surface area contributed by atoms with Gasteiger partial charge in [-0.1, -0.05) is 0 Å². The Hall–Kier alpha value is 0.558. The van der Waals surface area contributed by atoms with Crippen molar-refractivity contribution in [1.82, 2.24) is 0 Å². The van der Waals surface area contributed by atoms with E-state index in [2.05, 4.69) is 19.6 Å². The first-order chi connectivity index (χ1) is 3.31. The molecule has 44 valence electrons. The standard InChI is InChI=1S/C6H15As/c1-4-6-7(3)5-2/h4-6H2,1-3H3. The summed E-state index contributed by atoms with van der Waals surface area (Å²) in [6, 6.07) is 0. The minimum absolute atomic E-state index is 0.238. The molecule has 0 aromatic carbocycles. The van der Waals surface area contributed by atoms with E-state index < -0.39 is 0 Å². The molecule has 1 heteroatoms. The molecule has 0 aromatic heterocycles. The van der Waals surface area contributed by atoms with Crippen molar-refractivity contribution in [3.8, 4) is 0 Å². The molecule has 0 aliphatic carbocycles. The van der Waals surface area contributed by atoms with Crippen molar-refractivity contribution >= 4 is 14.7 Å². The third kappa shape index (κ3) is 4.41. The van der Waals surface area contributed by atoms with E-state index in [1.807, 2.05) is 0 Å². The summed E-state index contributed by atoms with van der Waals surface area (Å²) in [6.07, 6.45) is 1.41. The van der Waals surface area contributed by atoms with Gasteiger partial charge >= 0.3 is 51.0 Å². The number of hydrogen-bond acceptors (Lipinski definition) is 0. The predicted octanol–water partition coefficient (Wildman–Crippen LogP) is 2.54. The monoisotopic (exact) mass is 162 g/mol. The molecule has 0 aliphatic heterocycles. The van der Waals surface area contributed by atoms with E-state index in [-0.39, 0.29) is 14.7 Å². The molecule has 0 heterocycles. The van der Waals surface area contributed by atoms with Crippen LogP contribution in [-0.2, 0) is 0 Å². The Bertz CT molecular complexity index is 35.2. The van der Waals surface area contributed by atoms with Crippen LogP contribution in [0.2, 0.25) is 16.1 Å².